The molecule has 0 radical (unpaired) electrons. The van der Waals surface area contributed by atoms with Crippen LogP contribution in [0.25, 0.3) is 0 Å². The summed E-state index contributed by atoms with van der Waals surface area (Å²) in [5.74, 6) is 0.876. The van der Waals surface area contributed by atoms with Crippen molar-refractivity contribution in [3.63, 3.8) is 0 Å². The second kappa shape index (κ2) is 5.59. The molecule has 0 bridgehead atoms. The number of primary amides is 1. The van der Waals surface area contributed by atoms with Gasteiger partial charge in [-0.1, -0.05) is 0 Å². The normalized spacial score (nSPS) is 9.29. The van der Waals surface area contributed by atoms with E-state index in [1.165, 1.54) is 14.2 Å². The number of rotatable bonds is 3. The molecule has 0 saturated heterocycles. The van der Waals surface area contributed by atoms with Gasteiger partial charge in [0, 0.05) is 11.8 Å². The van der Waals surface area contributed by atoms with Crippen LogP contribution in [0.3, 0.4) is 0 Å². The maximum atomic E-state index is 10.5. The number of anilines is 1. The van der Waals surface area contributed by atoms with Crippen LogP contribution in [0.15, 0.2) is 18.2 Å². The maximum absolute atomic E-state index is 10.5. The topological polar surface area (TPSA) is 109 Å². The number of nitrogens with two attached hydrogens (primary N) is 1. The fourth-order valence-corrected chi connectivity index (χ4v) is 1.21. The summed E-state index contributed by atoms with van der Waals surface area (Å²) >= 11 is 0. The molecule has 0 saturated carbocycles. The van der Waals surface area contributed by atoms with Crippen LogP contribution in [0, 0.1) is 5.41 Å². The highest BCUT2D eigenvalue weighted by Gasteiger charge is 2.06. The van der Waals surface area contributed by atoms with Gasteiger partial charge in [0.15, 0.2) is 11.5 Å². The van der Waals surface area contributed by atoms with Crippen molar-refractivity contribution in [2.75, 3.05) is 19.5 Å². The van der Waals surface area contributed by atoms with Crippen LogP contribution in [0.5, 0.6) is 11.5 Å². The monoisotopic (exact) mass is 238 g/mol. The Morgan fingerprint density at radius 3 is 2.47 bits per heavy atom. The van der Waals surface area contributed by atoms with E-state index in [1.54, 1.807) is 18.2 Å². The average molecular weight is 238 g/mol. The number of hydrogen-bond acceptors (Lipinski definition) is 4. The Bertz CT molecular complexity index is 434. The molecule has 5 N–H and O–H groups in total. The number of carbonyl (C=O) groups excluding carboxylic acids is 1. The number of methoxy groups -OCH3 is 2. The second-order valence-electron chi connectivity index (χ2n) is 3.06. The zero-order valence-electron chi connectivity index (χ0n) is 9.53. The Balaban J connectivity index is 2.79. The van der Waals surface area contributed by atoms with Gasteiger partial charge < -0.3 is 20.5 Å². The van der Waals surface area contributed by atoms with Gasteiger partial charge in [0.1, 0.15) is 0 Å². The molecule has 0 aliphatic rings. The van der Waals surface area contributed by atoms with Gasteiger partial charge in [-0.25, -0.2) is 4.79 Å². The summed E-state index contributed by atoms with van der Waals surface area (Å²) in [6, 6.07) is 4.19. The highest BCUT2D eigenvalue weighted by atomic mass is 16.5. The number of ether oxygens (including phenoxy) is 2. The maximum Gasteiger partial charge on any atom is 0.318 e. The van der Waals surface area contributed by atoms with Crippen molar-refractivity contribution >= 4 is 17.7 Å². The van der Waals surface area contributed by atoms with Crippen molar-refractivity contribution in [1.82, 2.24) is 5.32 Å². The first kappa shape index (κ1) is 12.6. The number of carbonyl (C=O) groups is 1. The van der Waals surface area contributed by atoms with Crippen molar-refractivity contribution in [2.24, 2.45) is 5.73 Å². The van der Waals surface area contributed by atoms with Crippen LogP contribution in [-0.2, 0) is 0 Å². The van der Waals surface area contributed by atoms with E-state index in [0.29, 0.717) is 17.2 Å². The Morgan fingerprint density at radius 1 is 1.29 bits per heavy atom. The highest BCUT2D eigenvalue weighted by molar-refractivity contribution is 6.01. The lowest BCUT2D eigenvalue weighted by Crippen LogP contribution is -2.38. The van der Waals surface area contributed by atoms with Crippen molar-refractivity contribution in [3.05, 3.63) is 18.2 Å². The van der Waals surface area contributed by atoms with Gasteiger partial charge in [-0.2, -0.15) is 0 Å². The molecule has 0 aliphatic heterocycles. The van der Waals surface area contributed by atoms with Crippen molar-refractivity contribution in [1.29, 1.82) is 5.41 Å². The summed E-state index contributed by atoms with van der Waals surface area (Å²) in [5, 5.41) is 12.1. The fraction of sp³-hybridized carbons (Fsp3) is 0.200. The first-order valence-electron chi connectivity index (χ1n) is 4.71. The number of nitrogens with one attached hydrogen (secondary N) is 3. The molecule has 2 amide bonds. The number of guanidine groups is 1. The lowest BCUT2D eigenvalue weighted by molar-refractivity contribution is 0.253. The molecule has 7 nitrogen and oxygen atoms in total. The van der Waals surface area contributed by atoms with Crippen LogP contribution < -0.4 is 25.8 Å². The third-order valence-electron chi connectivity index (χ3n) is 1.90. The predicted molar refractivity (Wildman–Crippen MR) is 63.6 cm³/mol. The Morgan fingerprint density at radius 2 is 1.94 bits per heavy atom. The third kappa shape index (κ3) is 3.56. The van der Waals surface area contributed by atoms with Crippen LogP contribution in [0.4, 0.5) is 10.5 Å². The molecule has 7 heteroatoms. The number of amides is 2. The minimum Gasteiger partial charge on any atom is -0.493 e. The van der Waals surface area contributed by atoms with E-state index >= 15 is 0 Å². The smallest absolute Gasteiger partial charge is 0.318 e. The van der Waals surface area contributed by atoms with Gasteiger partial charge >= 0.3 is 6.03 Å². The largest absolute Gasteiger partial charge is 0.493 e. The summed E-state index contributed by atoms with van der Waals surface area (Å²) in [7, 11) is 3.04. The quantitative estimate of drug-likeness (QED) is 0.459. The zero-order valence-corrected chi connectivity index (χ0v) is 9.53. The lowest BCUT2D eigenvalue weighted by atomic mass is 10.3. The molecule has 1 aromatic rings. The first-order chi connectivity index (χ1) is 8.06. The van der Waals surface area contributed by atoms with Crippen molar-refractivity contribution < 1.29 is 14.3 Å². The van der Waals surface area contributed by atoms with Gasteiger partial charge in [0.2, 0.25) is 5.96 Å². The van der Waals surface area contributed by atoms with Crippen molar-refractivity contribution in [3.8, 4) is 11.5 Å². The van der Waals surface area contributed by atoms with Crippen LogP contribution in [0.1, 0.15) is 0 Å². The Labute approximate surface area is 98.4 Å². The number of urea groups is 1. The van der Waals surface area contributed by atoms with Crippen LogP contribution in [0.2, 0.25) is 0 Å². The SMILES string of the molecule is COc1ccc(NC(=N)NC(N)=O)cc1OC. The van der Waals surface area contributed by atoms with E-state index in [4.69, 9.17) is 20.6 Å². The molecule has 0 aromatic heterocycles. The minimum atomic E-state index is -0.803. The molecule has 0 heterocycles. The molecular weight excluding hydrogens is 224 g/mol. The molecule has 1 aromatic carbocycles. The fourth-order valence-electron chi connectivity index (χ4n) is 1.21. The highest BCUT2D eigenvalue weighted by Crippen LogP contribution is 2.29. The van der Waals surface area contributed by atoms with Gasteiger partial charge in [-0.3, -0.25) is 10.7 Å². The van der Waals surface area contributed by atoms with E-state index in [1.807, 2.05) is 0 Å². The third-order valence-corrected chi connectivity index (χ3v) is 1.90. The molecule has 0 spiro atoms. The lowest BCUT2D eigenvalue weighted by Gasteiger charge is -2.11. The van der Waals surface area contributed by atoms with Gasteiger partial charge in [-0.15, -0.1) is 0 Å². The molecule has 17 heavy (non-hydrogen) atoms. The predicted octanol–water partition coefficient (Wildman–Crippen LogP) is 0.719. The summed E-state index contributed by atoms with van der Waals surface area (Å²) in [6.45, 7) is 0. The van der Waals surface area contributed by atoms with Crippen LogP contribution in [-0.4, -0.2) is 26.2 Å². The van der Waals surface area contributed by atoms with E-state index < -0.39 is 6.03 Å². The summed E-state index contributed by atoms with van der Waals surface area (Å²) in [6.07, 6.45) is 0. The van der Waals surface area contributed by atoms with E-state index in [9.17, 15) is 4.79 Å². The standard InChI is InChI=1S/C10H14N4O3/c1-16-7-4-3-6(5-8(7)17-2)13-9(11)14-10(12)15/h3-5H,1-2H3,(H5,11,12,13,14,15). The molecule has 0 aliphatic carbocycles. The Hall–Kier alpha value is -2.44. The summed E-state index contributed by atoms with van der Waals surface area (Å²) in [5.41, 5.74) is 5.44. The molecular formula is C10H14N4O3. The van der Waals surface area contributed by atoms with Crippen molar-refractivity contribution in [2.45, 2.75) is 0 Å². The molecule has 1 rings (SSSR count). The second-order valence-corrected chi connectivity index (χ2v) is 3.06. The summed E-state index contributed by atoms with van der Waals surface area (Å²) < 4.78 is 10.2. The Kier molecular flexibility index (Phi) is 4.15. The van der Waals surface area contributed by atoms with Gasteiger partial charge in [0.05, 0.1) is 14.2 Å². The van der Waals surface area contributed by atoms with E-state index in [0.717, 1.165) is 0 Å². The zero-order chi connectivity index (χ0) is 12.8. The minimum absolute atomic E-state index is 0.218. The molecule has 0 atom stereocenters. The average Bonchev–Trinajstić information content (AvgIpc) is 2.27. The first-order valence-corrected chi connectivity index (χ1v) is 4.71. The van der Waals surface area contributed by atoms with Crippen LogP contribution >= 0.6 is 0 Å². The molecule has 0 fully saturated rings. The number of hydrogen-bond donors (Lipinski definition) is 4. The van der Waals surface area contributed by atoms with E-state index in [-0.39, 0.29) is 5.96 Å². The summed E-state index contributed by atoms with van der Waals surface area (Å²) in [4.78, 5) is 10.5. The molecule has 0 unspecified atom stereocenters. The number of benzene rings is 1. The van der Waals surface area contributed by atoms with Gasteiger partial charge in [-0.05, 0) is 12.1 Å². The van der Waals surface area contributed by atoms with Gasteiger partial charge in [0.25, 0.3) is 0 Å². The van der Waals surface area contributed by atoms with E-state index in [2.05, 4.69) is 10.6 Å². The molecule has 92 valence electrons.